The topological polar surface area (TPSA) is 50.8 Å². The molecule has 6 heteroatoms. The zero-order valence-electron chi connectivity index (χ0n) is 13.3. The lowest BCUT2D eigenvalue weighted by molar-refractivity contribution is 0.220. The van der Waals surface area contributed by atoms with Crippen molar-refractivity contribution in [1.29, 1.82) is 0 Å². The Labute approximate surface area is 144 Å². The quantitative estimate of drug-likeness (QED) is 0.850. The first-order valence-corrected chi connectivity index (χ1v) is 7.82. The summed E-state index contributed by atoms with van der Waals surface area (Å²) in [6, 6.07) is 12.8. The van der Waals surface area contributed by atoms with Crippen molar-refractivity contribution >= 4 is 27.6 Å². The average molecular weight is 379 g/mol. The van der Waals surface area contributed by atoms with Crippen LogP contribution >= 0.6 is 15.9 Å². The van der Waals surface area contributed by atoms with Gasteiger partial charge in [-0.25, -0.2) is 4.79 Å². The van der Waals surface area contributed by atoms with Crippen molar-refractivity contribution in [3.63, 3.8) is 0 Å². The highest BCUT2D eigenvalue weighted by atomic mass is 79.9. The van der Waals surface area contributed by atoms with E-state index in [0.29, 0.717) is 23.7 Å². The smallest absolute Gasteiger partial charge is 0.321 e. The monoisotopic (exact) mass is 378 g/mol. The summed E-state index contributed by atoms with van der Waals surface area (Å²) >= 11 is 3.49. The number of hydrogen-bond acceptors (Lipinski definition) is 3. The second kappa shape index (κ2) is 7.87. The fourth-order valence-electron chi connectivity index (χ4n) is 2.07. The molecule has 2 aromatic carbocycles. The van der Waals surface area contributed by atoms with Crippen LogP contribution in [-0.2, 0) is 6.54 Å². The van der Waals surface area contributed by atoms with Gasteiger partial charge >= 0.3 is 6.03 Å². The number of urea groups is 1. The molecule has 1 N–H and O–H groups in total. The lowest BCUT2D eigenvalue weighted by Gasteiger charge is -2.20. The molecule has 5 nitrogen and oxygen atoms in total. The van der Waals surface area contributed by atoms with Crippen molar-refractivity contribution in [2.75, 3.05) is 26.6 Å². The third kappa shape index (κ3) is 4.39. The van der Waals surface area contributed by atoms with Crippen LogP contribution in [0.4, 0.5) is 10.5 Å². The molecule has 0 aliphatic rings. The molecule has 0 aliphatic heterocycles. The van der Waals surface area contributed by atoms with E-state index in [2.05, 4.69) is 21.2 Å². The molecule has 0 saturated heterocycles. The molecular weight excluding hydrogens is 360 g/mol. The Morgan fingerprint density at radius 3 is 2.57 bits per heavy atom. The number of nitrogens with zero attached hydrogens (tertiary/aromatic N) is 1. The molecular formula is C17H19BrN2O3. The predicted octanol–water partition coefficient (Wildman–Crippen LogP) is 4.13. The summed E-state index contributed by atoms with van der Waals surface area (Å²) in [5.74, 6) is 1.22. The molecule has 0 atom stereocenters. The molecule has 0 heterocycles. The number of halogens is 1. The Hall–Kier alpha value is -2.21. The number of carbonyl (C=O) groups excluding carboxylic acids is 1. The van der Waals surface area contributed by atoms with Crippen molar-refractivity contribution in [3.05, 3.63) is 52.5 Å². The Bertz CT molecular complexity index is 691. The van der Waals surface area contributed by atoms with Gasteiger partial charge in [0.15, 0.2) is 0 Å². The van der Waals surface area contributed by atoms with E-state index < -0.39 is 0 Å². The summed E-state index contributed by atoms with van der Waals surface area (Å²) in [5.41, 5.74) is 1.63. The van der Waals surface area contributed by atoms with E-state index >= 15 is 0 Å². The van der Waals surface area contributed by atoms with Gasteiger partial charge in [0.25, 0.3) is 0 Å². The van der Waals surface area contributed by atoms with Gasteiger partial charge in [-0.3, -0.25) is 0 Å². The number of rotatable bonds is 5. The average Bonchev–Trinajstić information content (AvgIpc) is 2.57. The number of ether oxygens (including phenoxy) is 2. The maximum absolute atomic E-state index is 12.4. The Balaban J connectivity index is 2.08. The van der Waals surface area contributed by atoms with E-state index in [4.69, 9.17) is 9.47 Å². The second-order valence-electron chi connectivity index (χ2n) is 4.94. The number of nitrogens with one attached hydrogen (secondary N) is 1. The summed E-state index contributed by atoms with van der Waals surface area (Å²) in [6.07, 6.45) is 0. The number of anilines is 1. The molecule has 0 bridgehead atoms. The standard InChI is InChI=1S/C17H19BrN2O3/c1-20(11-12-6-4-5-7-14(12)18)17(21)19-15-9-8-13(22-2)10-16(15)23-3/h4-10H,11H2,1-3H3,(H,19,21). The van der Waals surface area contributed by atoms with E-state index in [1.807, 2.05) is 24.3 Å². The molecule has 2 aromatic rings. The molecule has 0 spiro atoms. The minimum atomic E-state index is -0.218. The maximum atomic E-state index is 12.4. The Kier molecular flexibility index (Phi) is 5.87. The molecule has 23 heavy (non-hydrogen) atoms. The summed E-state index contributed by atoms with van der Waals surface area (Å²) in [5, 5.41) is 2.84. The van der Waals surface area contributed by atoms with Crippen LogP contribution in [0, 0.1) is 0 Å². The van der Waals surface area contributed by atoms with E-state index in [0.717, 1.165) is 10.0 Å². The normalized spacial score (nSPS) is 10.1. The van der Waals surface area contributed by atoms with Gasteiger partial charge < -0.3 is 19.7 Å². The van der Waals surface area contributed by atoms with Gasteiger partial charge in [-0.15, -0.1) is 0 Å². The van der Waals surface area contributed by atoms with E-state index in [9.17, 15) is 4.79 Å². The number of carbonyl (C=O) groups is 1. The van der Waals surface area contributed by atoms with Crippen molar-refractivity contribution in [3.8, 4) is 11.5 Å². The third-order valence-corrected chi connectivity index (χ3v) is 4.14. The molecule has 0 radical (unpaired) electrons. The highest BCUT2D eigenvalue weighted by Gasteiger charge is 2.13. The van der Waals surface area contributed by atoms with Crippen LogP contribution in [0.5, 0.6) is 11.5 Å². The summed E-state index contributed by atoms with van der Waals surface area (Å²) in [6.45, 7) is 0.492. The minimum absolute atomic E-state index is 0.218. The van der Waals surface area contributed by atoms with Crippen LogP contribution in [0.1, 0.15) is 5.56 Å². The molecule has 2 rings (SSSR count). The lowest BCUT2D eigenvalue weighted by Crippen LogP contribution is -2.31. The van der Waals surface area contributed by atoms with Gasteiger partial charge in [-0.2, -0.15) is 0 Å². The Morgan fingerprint density at radius 1 is 1.17 bits per heavy atom. The zero-order valence-corrected chi connectivity index (χ0v) is 14.9. The first-order valence-electron chi connectivity index (χ1n) is 7.02. The van der Waals surface area contributed by atoms with Crippen LogP contribution in [0.3, 0.4) is 0 Å². The van der Waals surface area contributed by atoms with E-state index in [1.165, 1.54) is 0 Å². The number of amides is 2. The van der Waals surface area contributed by atoms with E-state index in [1.54, 1.807) is 44.4 Å². The molecule has 2 amide bonds. The molecule has 0 fully saturated rings. The molecule has 0 unspecified atom stereocenters. The van der Waals surface area contributed by atoms with Crippen LogP contribution in [0.2, 0.25) is 0 Å². The van der Waals surface area contributed by atoms with Gasteiger partial charge in [0.2, 0.25) is 0 Å². The minimum Gasteiger partial charge on any atom is -0.497 e. The first-order chi connectivity index (χ1) is 11.0. The maximum Gasteiger partial charge on any atom is 0.321 e. The molecule has 0 aromatic heterocycles. The van der Waals surface area contributed by atoms with Gasteiger partial charge in [-0.05, 0) is 23.8 Å². The fourth-order valence-corrected chi connectivity index (χ4v) is 2.48. The first kappa shape index (κ1) is 17.1. The summed E-state index contributed by atoms with van der Waals surface area (Å²) in [4.78, 5) is 14.0. The predicted molar refractivity (Wildman–Crippen MR) is 94.2 cm³/mol. The number of benzene rings is 2. The fraction of sp³-hybridized carbons (Fsp3) is 0.235. The SMILES string of the molecule is COc1ccc(NC(=O)N(C)Cc2ccccc2Br)c(OC)c1. The molecule has 0 aliphatic carbocycles. The van der Waals surface area contributed by atoms with Gasteiger partial charge in [0.1, 0.15) is 11.5 Å². The lowest BCUT2D eigenvalue weighted by atomic mass is 10.2. The highest BCUT2D eigenvalue weighted by molar-refractivity contribution is 9.10. The highest BCUT2D eigenvalue weighted by Crippen LogP contribution is 2.29. The van der Waals surface area contributed by atoms with Crippen LogP contribution in [0.25, 0.3) is 0 Å². The third-order valence-electron chi connectivity index (χ3n) is 3.36. The molecule has 122 valence electrons. The van der Waals surface area contributed by atoms with Crippen LogP contribution in [-0.4, -0.2) is 32.2 Å². The molecule has 0 saturated carbocycles. The van der Waals surface area contributed by atoms with Crippen molar-refractivity contribution in [2.24, 2.45) is 0 Å². The second-order valence-corrected chi connectivity index (χ2v) is 5.80. The van der Waals surface area contributed by atoms with Crippen molar-refractivity contribution in [1.82, 2.24) is 4.90 Å². The summed E-state index contributed by atoms with van der Waals surface area (Å²) < 4.78 is 11.4. The number of hydrogen-bond donors (Lipinski definition) is 1. The van der Waals surface area contributed by atoms with Crippen LogP contribution in [0.15, 0.2) is 46.9 Å². The van der Waals surface area contributed by atoms with Crippen LogP contribution < -0.4 is 14.8 Å². The Morgan fingerprint density at radius 2 is 1.91 bits per heavy atom. The summed E-state index contributed by atoms with van der Waals surface area (Å²) in [7, 11) is 4.87. The largest absolute Gasteiger partial charge is 0.497 e. The van der Waals surface area contributed by atoms with Gasteiger partial charge in [0.05, 0.1) is 19.9 Å². The van der Waals surface area contributed by atoms with Gasteiger partial charge in [-0.1, -0.05) is 34.1 Å². The number of methoxy groups -OCH3 is 2. The van der Waals surface area contributed by atoms with E-state index in [-0.39, 0.29) is 6.03 Å². The van der Waals surface area contributed by atoms with Crippen molar-refractivity contribution < 1.29 is 14.3 Å². The van der Waals surface area contributed by atoms with Gasteiger partial charge in [0, 0.05) is 24.1 Å². The van der Waals surface area contributed by atoms with Crippen molar-refractivity contribution in [2.45, 2.75) is 6.54 Å². The zero-order chi connectivity index (χ0) is 16.8.